The maximum absolute atomic E-state index is 12.5. The van der Waals surface area contributed by atoms with Gasteiger partial charge in [-0.3, -0.25) is 0 Å². The van der Waals surface area contributed by atoms with E-state index in [1.165, 1.54) is 19.2 Å². The van der Waals surface area contributed by atoms with Gasteiger partial charge >= 0.3 is 6.18 Å². The molecule has 15 heavy (non-hydrogen) atoms. The summed E-state index contributed by atoms with van der Waals surface area (Å²) in [6, 6.07) is 3.81. The Morgan fingerprint density at radius 3 is 2.53 bits per heavy atom. The van der Waals surface area contributed by atoms with Crippen molar-refractivity contribution < 1.29 is 17.9 Å². The minimum Gasteiger partial charge on any atom is -0.496 e. The van der Waals surface area contributed by atoms with Crippen LogP contribution < -0.4 is 4.74 Å². The fourth-order valence-electron chi connectivity index (χ4n) is 1.30. The summed E-state index contributed by atoms with van der Waals surface area (Å²) in [6.45, 7) is 0. The molecule has 1 aromatic carbocycles. The molecular formula is C11H9F3O. The highest BCUT2D eigenvalue weighted by molar-refractivity contribution is 5.44. The van der Waals surface area contributed by atoms with Gasteiger partial charge in [-0.05, 0) is 6.07 Å². The number of benzene rings is 1. The first-order chi connectivity index (χ1) is 7.00. The molecule has 0 spiro atoms. The van der Waals surface area contributed by atoms with Gasteiger partial charge in [0.1, 0.15) is 5.75 Å². The maximum atomic E-state index is 12.5. The number of ether oxygens (including phenoxy) is 1. The van der Waals surface area contributed by atoms with Crippen molar-refractivity contribution in [3.8, 4) is 18.1 Å². The number of methoxy groups -OCH3 is 1. The highest BCUT2D eigenvalue weighted by Gasteiger charge is 2.34. The van der Waals surface area contributed by atoms with E-state index < -0.39 is 11.7 Å². The quantitative estimate of drug-likeness (QED) is 0.688. The lowest BCUT2D eigenvalue weighted by molar-refractivity contribution is -0.138. The number of para-hydroxylation sites is 1. The zero-order valence-electron chi connectivity index (χ0n) is 8.06. The van der Waals surface area contributed by atoms with Crippen molar-refractivity contribution in [1.29, 1.82) is 0 Å². The summed E-state index contributed by atoms with van der Waals surface area (Å²) in [4.78, 5) is 0. The van der Waals surface area contributed by atoms with Crippen LogP contribution in [0.1, 0.15) is 11.1 Å². The average molecular weight is 214 g/mol. The smallest absolute Gasteiger partial charge is 0.419 e. The standard InChI is InChI=1S/C11H9F3O/c1-3-5-8-6-4-7-9(10(8)15-2)11(12,13)14/h1,4,6-7H,5H2,2H3. The average Bonchev–Trinajstić information content (AvgIpc) is 2.16. The third-order valence-corrected chi connectivity index (χ3v) is 1.90. The molecular weight excluding hydrogens is 205 g/mol. The summed E-state index contributed by atoms with van der Waals surface area (Å²) in [5.74, 6) is 2.10. The van der Waals surface area contributed by atoms with Gasteiger partial charge in [0.25, 0.3) is 0 Å². The van der Waals surface area contributed by atoms with E-state index in [1.54, 1.807) is 0 Å². The van der Waals surface area contributed by atoms with Crippen LogP contribution in [0.3, 0.4) is 0 Å². The second-order valence-electron chi connectivity index (χ2n) is 2.88. The molecule has 0 amide bonds. The van der Waals surface area contributed by atoms with Gasteiger partial charge < -0.3 is 4.74 Å². The second kappa shape index (κ2) is 4.26. The zero-order chi connectivity index (χ0) is 11.5. The van der Waals surface area contributed by atoms with Crippen LogP contribution in [0.2, 0.25) is 0 Å². The van der Waals surface area contributed by atoms with Gasteiger partial charge in [-0.2, -0.15) is 13.2 Å². The Morgan fingerprint density at radius 2 is 2.07 bits per heavy atom. The maximum Gasteiger partial charge on any atom is 0.419 e. The third-order valence-electron chi connectivity index (χ3n) is 1.90. The third kappa shape index (κ3) is 2.44. The van der Waals surface area contributed by atoms with Crippen LogP contribution in [0.25, 0.3) is 0 Å². The first kappa shape index (κ1) is 11.4. The van der Waals surface area contributed by atoms with Gasteiger partial charge in [0.15, 0.2) is 0 Å². The minimum atomic E-state index is -4.42. The summed E-state index contributed by atoms with van der Waals surface area (Å²) in [5, 5.41) is 0. The van der Waals surface area contributed by atoms with E-state index in [2.05, 4.69) is 5.92 Å². The van der Waals surface area contributed by atoms with Gasteiger partial charge in [-0.25, -0.2) is 0 Å². The Hall–Kier alpha value is -1.63. The Balaban J connectivity index is 3.30. The highest BCUT2D eigenvalue weighted by Crippen LogP contribution is 2.37. The van der Waals surface area contributed by atoms with Gasteiger partial charge in [0.2, 0.25) is 0 Å². The minimum absolute atomic E-state index is 0.118. The first-order valence-electron chi connectivity index (χ1n) is 4.17. The fourth-order valence-corrected chi connectivity index (χ4v) is 1.30. The van der Waals surface area contributed by atoms with E-state index in [0.29, 0.717) is 5.56 Å². The number of rotatable bonds is 2. The number of hydrogen-bond acceptors (Lipinski definition) is 1. The van der Waals surface area contributed by atoms with Gasteiger partial charge in [0.05, 0.1) is 12.7 Å². The highest BCUT2D eigenvalue weighted by atomic mass is 19.4. The molecule has 0 aliphatic heterocycles. The SMILES string of the molecule is C#CCc1cccc(C(F)(F)F)c1OC. The molecule has 0 heterocycles. The number of hydrogen-bond donors (Lipinski definition) is 0. The molecule has 0 saturated heterocycles. The summed E-state index contributed by atoms with van der Waals surface area (Å²) in [5.41, 5.74) is -0.424. The lowest BCUT2D eigenvalue weighted by Crippen LogP contribution is -2.08. The van der Waals surface area contributed by atoms with E-state index in [0.717, 1.165) is 6.07 Å². The van der Waals surface area contributed by atoms with Crippen molar-refractivity contribution in [1.82, 2.24) is 0 Å². The molecule has 0 saturated carbocycles. The van der Waals surface area contributed by atoms with Crippen LogP contribution in [0, 0.1) is 12.3 Å². The summed E-state index contributed by atoms with van der Waals surface area (Å²) in [7, 11) is 1.20. The van der Waals surface area contributed by atoms with Crippen molar-refractivity contribution in [2.45, 2.75) is 12.6 Å². The number of alkyl halides is 3. The Morgan fingerprint density at radius 1 is 1.40 bits per heavy atom. The lowest BCUT2D eigenvalue weighted by atomic mass is 10.1. The molecule has 80 valence electrons. The normalized spacial score (nSPS) is 10.9. The predicted octanol–water partition coefficient (Wildman–Crippen LogP) is 2.89. The molecule has 1 aromatic rings. The van der Waals surface area contributed by atoms with Crippen LogP contribution in [0.15, 0.2) is 18.2 Å². The molecule has 0 atom stereocenters. The lowest BCUT2D eigenvalue weighted by Gasteiger charge is -2.14. The summed E-state index contributed by atoms with van der Waals surface area (Å²) < 4.78 is 42.3. The zero-order valence-corrected chi connectivity index (χ0v) is 8.06. The van der Waals surface area contributed by atoms with E-state index >= 15 is 0 Å². The van der Waals surface area contributed by atoms with E-state index in [1.807, 2.05) is 0 Å². The van der Waals surface area contributed by atoms with E-state index in [-0.39, 0.29) is 12.2 Å². The molecule has 0 aliphatic carbocycles. The monoisotopic (exact) mass is 214 g/mol. The molecule has 1 nitrogen and oxygen atoms in total. The van der Waals surface area contributed by atoms with Crippen LogP contribution >= 0.6 is 0 Å². The van der Waals surface area contributed by atoms with Crippen LogP contribution in [-0.4, -0.2) is 7.11 Å². The fraction of sp³-hybridized carbons (Fsp3) is 0.273. The van der Waals surface area contributed by atoms with E-state index in [9.17, 15) is 13.2 Å². The molecule has 4 heteroatoms. The van der Waals surface area contributed by atoms with E-state index in [4.69, 9.17) is 11.2 Å². The van der Waals surface area contributed by atoms with Crippen LogP contribution in [-0.2, 0) is 12.6 Å². The Bertz CT molecular complexity index is 388. The molecule has 0 unspecified atom stereocenters. The molecule has 0 radical (unpaired) electrons. The topological polar surface area (TPSA) is 9.23 Å². The molecule has 0 bridgehead atoms. The van der Waals surface area contributed by atoms with Crippen molar-refractivity contribution in [3.63, 3.8) is 0 Å². The Kier molecular flexibility index (Phi) is 3.25. The van der Waals surface area contributed by atoms with Gasteiger partial charge in [0, 0.05) is 12.0 Å². The Labute approximate surface area is 85.9 Å². The number of terminal acetylenes is 1. The largest absolute Gasteiger partial charge is 0.496 e. The number of halogens is 3. The van der Waals surface area contributed by atoms with Gasteiger partial charge in [-0.15, -0.1) is 12.3 Å². The molecule has 0 aromatic heterocycles. The van der Waals surface area contributed by atoms with Crippen molar-refractivity contribution in [2.24, 2.45) is 0 Å². The first-order valence-corrected chi connectivity index (χ1v) is 4.17. The summed E-state index contributed by atoms with van der Waals surface area (Å²) in [6.07, 6.45) is 0.754. The van der Waals surface area contributed by atoms with Crippen molar-refractivity contribution in [3.05, 3.63) is 29.3 Å². The molecule has 0 N–H and O–H groups in total. The summed E-state index contributed by atoms with van der Waals surface area (Å²) >= 11 is 0. The van der Waals surface area contributed by atoms with Crippen molar-refractivity contribution in [2.75, 3.05) is 7.11 Å². The van der Waals surface area contributed by atoms with Crippen LogP contribution in [0.4, 0.5) is 13.2 Å². The molecule has 0 aliphatic rings. The van der Waals surface area contributed by atoms with Crippen LogP contribution in [0.5, 0.6) is 5.75 Å². The van der Waals surface area contributed by atoms with Gasteiger partial charge in [-0.1, -0.05) is 12.1 Å². The second-order valence-corrected chi connectivity index (χ2v) is 2.88. The molecule has 0 fully saturated rings. The van der Waals surface area contributed by atoms with Crippen molar-refractivity contribution >= 4 is 0 Å². The molecule has 1 rings (SSSR count). The predicted molar refractivity (Wildman–Crippen MR) is 50.5 cm³/mol.